The van der Waals surface area contributed by atoms with Gasteiger partial charge in [-0.25, -0.2) is 0 Å². The highest BCUT2D eigenvalue weighted by molar-refractivity contribution is 8.00. The van der Waals surface area contributed by atoms with Gasteiger partial charge >= 0.3 is 6.36 Å². The van der Waals surface area contributed by atoms with Crippen LogP contribution in [0.4, 0.5) is 18.9 Å². The predicted molar refractivity (Wildman–Crippen MR) is 67.1 cm³/mol. The van der Waals surface area contributed by atoms with Crippen LogP contribution in [0.2, 0.25) is 0 Å². The molecule has 1 heterocycles. The van der Waals surface area contributed by atoms with Crippen molar-refractivity contribution in [1.82, 2.24) is 0 Å². The lowest BCUT2D eigenvalue weighted by molar-refractivity contribution is -0.274. The lowest BCUT2D eigenvalue weighted by Crippen LogP contribution is -2.24. The van der Waals surface area contributed by atoms with Crippen molar-refractivity contribution in [3.8, 4) is 5.75 Å². The molecule has 0 amide bonds. The summed E-state index contributed by atoms with van der Waals surface area (Å²) in [6.45, 7) is 2.15. The summed E-state index contributed by atoms with van der Waals surface area (Å²) in [5.74, 6) is 0.926. The molecule has 2 rings (SSSR count). The number of hydrogen-bond acceptors (Lipinski definition) is 3. The highest BCUT2D eigenvalue weighted by Gasteiger charge is 2.31. The number of hydrogen-bond donors (Lipinski definition) is 1. The fraction of sp³-hybridized carbons (Fsp3) is 0.500. The minimum absolute atomic E-state index is 0.193. The normalized spacial score (nSPS) is 24.0. The van der Waals surface area contributed by atoms with Crippen molar-refractivity contribution in [2.45, 2.75) is 31.0 Å². The second-order valence-corrected chi connectivity index (χ2v) is 5.67. The molecule has 0 aliphatic carbocycles. The van der Waals surface area contributed by atoms with E-state index in [2.05, 4.69) is 17.0 Å². The molecule has 6 heteroatoms. The number of alkyl halides is 3. The van der Waals surface area contributed by atoms with Gasteiger partial charge in [-0.05, 0) is 36.4 Å². The predicted octanol–water partition coefficient (Wildman–Crippen LogP) is 3.89. The van der Waals surface area contributed by atoms with E-state index in [0.29, 0.717) is 11.3 Å². The molecule has 1 aromatic rings. The van der Waals surface area contributed by atoms with Crippen LogP contribution in [0.25, 0.3) is 0 Å². The van der Waals surface area contributed by atoms with Crippen molar-refractivity contribution >= 4 is 17.4 Å². The molecule has 2 atom stereocenters. The van der Waals surface area contributed by atoms with Crippen LogP contribution in [0.15, 0.2) is 24.3 Å². The third kappa shape index (κ3) is 3.73. The molecular formula is C12H14F3NOS. The summed E-state index contributed by atoms with van der Waals surface area (Å²) in [6.07, 6.45) is -3.56. The molecular weight excluding hydrogens is 263 g/mol. The number of ether oxygens (including phenoxy) is 1. The first kappa shape index (κ1) is 13.4. The summed E-state index contributed by atoms with van der Waals surface area (Å²) in [5, 5.41) is 3.85. The van der Waals surface area contributed by atoms with Gasteiger partial charge < -0.3 is 10.1 Å². The van der Waals surface area contributed by atoms with E-state index in [4.69, 9.17) is 0 Å². The zero-order chi connectivity index (χ0) is 13.2. The monoisotopic (exact) mass is 277 g/mol. The first-order valence-corrected chi connectivity index (χ1v) is 6.73. The van der Waals surface area contributed by atoms with Gasteiger partial charge in [0.25, 0.3) is 0 Å². The fourth-order valence-electron chi connectivity index (χ4n) is 1.89. The van der Waals surface area contributed by atoms with Crippen LogP contribution < -0.4 is 10.1 Å². The number of rotatable bonds is 3. The Bertz CT molecular complexity index is 393. The van der Waals surface area contributed by atoms with Crippen molar-refractivity contribution in [3.63, 3.8) is 0 Å². The zero-order valence-corrected chi connectivity index (χ0v) is 10.6. The highest BCUT2D eigenvalue weighted by atomic mass is 32.2. The van der Waals surface area contributed by atoms with E-state index in [9.17, 15) is 13.2 Å². The number of anilines is 1. The van der Waals surface area contributed by atoms with E-state index in [1.807, 2.05) is 11.8 Å². The average molecular weight is 277 g/mol. The van der Waals surface area contributed by atoms with Gasteiger partial charge in [0.15, 0.2) is 0 Å². The molecule has 1 saturated heterocycles. The second-order valence-electron chi connectivity index (χ2n) is 4.19. The van der Waals surface area contributed by atoms with Crippen molar-refractivity contribution in [1.29, 1.82) is 0 Å². The quantitative estimate of drug-likeness (QED) is 0.905. The van der Waals surface area contributed by atoms with E-state index in [-0.39, 0.29) is 5.75 Å². The lowest BCUT2D eigenvalue weighted by atomic mass is 10.1. The van der Waals surface area contributed by atoms with Gasteiger partial charge in [-0.15, -0.1) is 13.2 Å². The van der Waals surface area contributed by atoms with Crippen molar-refractivity contribution in [3.05, 3.63) is 24.3 Å². The molecule has 1 aliphatic heterocycles. The molecule has 1 fully saturated rings. The molecule has 100 valence electrons. The van der Waals surface area contributed by atoms with E-state index in [1.54, 1.807) is 12.1 Å². The van der Waals surface area contributed by atoms with Gasteiger partial charge in [-0.2, -0.15) is 11.8 Å². The summed E-state index contributed by atoms with van der Waals surface area (Å²) >= 11 is 1.90. The number of nitrogens with one attached hydrogen (secondary N) is 1. The van der Waals surface area contributed by atoms with E-state index < -0.39 is 6.36 Å². The summed E-state index contributed by atoms with van der Waals surface area (Å²) in [5.41, 5.74) is 0.823. The van der Waals surface area contributed by atoms with E-state index in [0.717, 1.165) is 17.9 Å². The third-order valence-corrected chi connectivity index (χ3v) is 4.14. The molecule has 0 saturated carbocycles. The number of benzene rings is 1. The molecule has 1 N–H and O–H groups in total. The first-order valence-electron chi connectivity index (χ1n) is 5.68. The van der Waals surface area contributed by atoms with Crippen LogP contribution >= 0.6 is 11.8 Å². The van der Waals surface area contributed by atoms with Crippen molar-refractivity contribution in [2.24, 2.45) is 0 Å². The van der Waals surface area contributed by atoms with Crippen LogP contribution in [0.5, 0.6) is 5.75 Å². The van der Waals surface area contributed by atoms with E-state index >= 15 is 0 Å². The Labute approximate surface area is 108 Å². The molecule has 0 radical (unpaired) electrons. The lowest BCUT2D eigenvalue weighted by Gasteiger charge is -2.18. The Morgan fingerprint density at radius 3 is 2.44 bits per heavy atom. The Hall–Kier alpha value is -1.04. The maximum absolute atomic E-state index is 12.0. The van der Waals surface area contributed by atoms with Crippen molar-refractivity contribution in [2.75, 3.05) is 11.1 Å². The van der Waals surface area contributed by atoms with Gasteiger partial charge in [0.05, 0.1) is 0 Å². The fourth-order valence-corrected chi connectivity index (χ4v) is 3.09. The van der Waals surface area contributed by atoms with Gasteiger partial charge in [-0.3, -0.25) is 0 Å². The van der Waals surface area contributed by atoms with Gasteiger partial charge in [0.2, 0.25) is 0 Å². The maximum atomic E-state index is 12.0. The number of halogens is 3. The Balaban J connectivity index is 1.95. The van der Waals surface area contributed by atoms with Gasteiger partial charge in [0.1, 0.15) is 5.75 Å². The molecule has 0 spiro atoms. The third-order valence-electron chi connectivity index (χ3n) is 2.82. The van der Waals surface area contributed by atoms with E-state index in [1.165, 1.54) is 12.1 Å². The van der Waals surface area contributed by atoms with Gasteiger partial charge in [0, 0.05) is 17.0 Å². The smallest absolute Gasteiger partial charge is 0.406 e. The summed E-state index contributed by atoms with van der Waals surface area (Å²) in [7, 11) is 0. The maximum Gasteiger partial charge on any atom is 0.573 e. The summed E-state index contributed by atoms with van der Waals surface area (Å²) in [4.78, 5) is 0. The highest BCUT2D eigenvalue weighted by Crippen LogP contribution is 2.30. The Morgan fingerprint density at radius 1 is 1.28 bits per heavy atom. The molecule has 1 aliphatic rings. The van der Waals surface area contributed by atoms with Crippen LogP contribution in [-0.2, 0) is 0 Å². The minimum atomic E-state index is -4.63. The Kier molecular flexibility index (Phi) is 3.94. The number of thioether (sulfide) groups is 1. The largest absolute Gasteiger partial charge is 0.573 e. The van der Waals surface area contributed by atoms with Crippen LogP contribution in [-0.4, -0.2) is 23.4 Å². The summed E-state index contributed by atoms with van der Waals surface area (Å²) < 4.78 is 39.8. The molecule has 1 aromatic carbocycles. The molecule has 0 aromatic heterocycles. The Morgan fingerprint density at radius 2 is 1.94 bits per heavy atom. The molecule has 2 unspecified atom stereocenters. The second kappa shape index (κ2) is 5.30. The van der Waals surface area contributed by atoms with Crippen LogP contribution in [0.1, 0.15) is 13.3 Å². The molecule has 0 bridgehead atoms. The van der Waals surface area contributed by atoms with Crippen LogP contribution in [0.3, 0.4) is 0 Å². The molecule has 18 heavy (non-hydrogen) atoms. The zero-order valence-electron chi connectivity index (χ0n) is 9.83. The van der Waals surface area contributed by atoms with Gasteiger partial charge in [-0.1, -0.05) is 6.92 Å². The summed E-state index contributed by atoms with van der Waals surface area (Å²) in [6, 6.07) is 6.24. The molecule has 2 nitrogen and oxygen atoms in total. The first-order chi connectivity index (χ1) is 8.44. The topological polar surface area (TPSA) is 21.3 Å². The van der Waals surface area contributed by atoms with Crippen molar-refractivity contribution < 1.29 is 17.9 Å². The SMILES string of the molecule is CC1SCCC1Nc1ccc(OC(F)(F)F)cc1. The minimum Gasteiger partial charge on any atom is -0.406 e. The van der Waals surface area contributed by atoms with Crippen LogP contribution in [0, 0.1) is 0 Å². The average Bonchev–Trinajstić information content (AvgIpc) is 2.65. The standard InChI is InChI=1S/C12H14F3NOS/c1-8-11(6-7-18-8)16-9-2-4-10(5-3-9)17-12(13,14)15/h2-5,8,11,16H,6-7H2,1H3.